The van der Waals surface area contributed by atoms with Crippen LogP contribution >= 0.6 is 11.3 Å². The van der Waals surface area contributed by atoms with E-state index in [1.165, 1.54) is 11.3 Å². The number of amides is 1. The molecule has 1 aliphatic heterocycles. The van der Waals surface area contributed by atoms with Crippen LogP contribution in [0.4, 0.5) is 0 Å². The van der Waals surface area contributed by atoms with E-state index in [2.05, 4.69) is 10.3 Å². The summed E-state index contributed by atoms with van der Waals surface area (Å²) in [6.45, 7) is 4.14. The van der Waals surface area contributed by atoms with Crippen molar-refractivity contribution in [2.24, 2.45) is 11.7 Å². The van der Waals surface area contributed by atoms with E-state index in [1.807, 2.05) is 0 Å². The summed E-state index contributed by atoms with van der Waals surface area (Å²) < 4.78 is 11.0. The van der Waals surface area contributed by atoms with Crippen LogP contribution in [0.25, 0.3) is 0 Å². The van der Waals surface area contributed by atoms with E-state index in [9.17, 15) is 4.79 Å². The Morgan fingerprint density at radius 3 is 3.05 bits per heavy atom. The molecule has 3 N–H and O–H groups in total. The van der Waals surface area contributed by atoms with Gasteiger partial charge < -0.3 is 20.5 Å². The highest BCUT2D eigenvalue weighted by molar-refractivity contribution is 7.09. The minimum atomic E-state index is -0.143. The molecule has 0 spiro atoms. The average Bonchev–Trinajstić information content (AvgIpc) is 3.00. The van der Waals surface area contributed by atoms with Gasteiger partial charge in [0.05, 0.1) is 0 Å². The summed E-state index contributed by atoms with van der Waals surface area (Å²) in [5.41, 5.74) is 5.92. The van der Waals surface area contributed by atoms with Crippen LogP contribution in [0.2, 0.25) is 0 Å². The lowest BCUT2D eigenvalue weighted by molar-refractivity contribution is 0.0202. The lowest BCUT2D eigenvalue weighted by Gasteiger charge is -2.21. The van der Waals surface area contributed by atoms with E-state index in [0.717, 1.165) is 44.1 Å². The molecule has 21 heavy (non-hydrogen) atoms. The Morgan fingerprint density at radius 1 is 1.52 bits per heavy atom. The molecule has 0 unspecified atom stereocenters. The smallest absolute Gasteiger partial charge is 0.270 e. The summed E-state index contributed by atoms with van der Waals surface area (Å²) in [4.78, 5) is 15.9. The van der Waals surface area contributed by atoms with Gasteiger partial charge >= 0.3 is 0 Å². The average molecular weight is 313 g/mol. The summed E-state index contributed by atoms with van der Waals surface area (Å²) in [7, 11) is 0. The van der Waals surface area contributed by atoms with E-state index in [-0.39, 0.29) is 5.91 Å². The fourth-order valence-corrected chi connectivity index (χ4v) is 2.79. The topological polar surface area (TPSA) is 86.5 Å². The number of ether oxygens (including phenoxy) is 2. The highest BCUT2D eigenvalue weighted by Gasteiger charge is 2.13. The number of nitrogens with zero attached hydrogens (tertiary/aromatic N) is 1. The predicted octanol–water partition coefficient (Wildman–Crippen LogP) is 1.16. The lowest BCUT2D eigenvalue weighted by Crippen LogP contribution is -2.26. The van der Waals surface area contributed by atoms with E-state index in [0.29, 0.717) is 31.3 Å². The Morgan fingerprint density at radius 2 is 2.33 bits per heavy atom. The normalized spacial score (nSPS) is 16.0. The summed E-state index contributed by atoms with van der Waals surface area (Å²) in [5, 5.41) is 5.35. The highest BCUT2D eigenvalue weighted by Crippen LogP contribution is 2.14. The fraction of sp³-hybridized carbons (Fsp3) is 0.714. The zero-order valence-electron chi connectivity index (χ0n) is 12.2. The molecule has 0 aromatic carbocycles. The monoisotopic (exact) mass is 313 g/mol. The van der Waals surface area contributed by atoms with E-state index in [1.54, 1.807) is 5.38 Å². The van der Waals surface area contributed by atoms with E-state index < -0.39 is 0 Å². The van der Waals surface area contributed by atoms with Gasteiger partial charge in [-0.2, -0.15) is 0 Å². The van der Waals surface area contributed by atoms with Crippen LogP contribution in [-0.2, 0) is 16.0 Å². The number of thiazole rings is 1. The van der Waals surface area contributed by atoms with Gasteiger partial charge in [-0.05, 0) is 25.2 Å². The summed E-state index contributed by atoms with van der Waals surface area (Å²) in [6, 6.07) is 0. The number of nitrogens with two attached hydrogens (primary N) is 1. The summed E-state index contributed by atoms with van der Waals surface area (Å²) in [5.74, 6) is 0.480. The number of carbonyl (C=O) groups is 1. The number of hydrogen-bond donors (Lipinski definition) is 2. The molecule has 6 nitrogen and oxygen atoms in total. The minimum absolute atomic E-state index is 0.143. The molecule has 1 fully saturated rings. The van der Waals surface area contributed by atoms with Gasteiger partial charge in [0.1, 0.15) is 10.7 Å². The number of aromatic nitrogens is 1. The maximum absolute atomic E-state index is 11.8. The van der Waals surface area contributed by atoms with Gasteiger partial charge in [0.15, 0.2) is 0 Å². The van der Waals surface area contributed by atoms with Crippen molar-refractivity contribution >= 4 is 17.2 Å². The predicted molar refractivity (Wildman–Crippen MR) is 81.3 cm³/mol. The number of carbonyl (C=O) groups excluding carboxylic acids is 1. The number of hydrogen-bond acceptors (Lipinski definition) is 6. The van der Waals surface area contributed by atoms with Crippen molar-refractivity contribution in [2.45, 2.75) is 25.8 Å². The second kappa shape index (κ2) is 9.09. The molecule has 1 amide bonds. The molecule has 2 rings (SSSR count). The molecule has 0 atom stereocenters. The van der Waals surface area contributed by atoms with Crippen LogP contribution in [0.3, 0.4) is 0 Å². The Balaban J connectivity index is 1.52. The molecular formula is C14H23N3O3S. The molecule has 0 bridgehead atoms. The quantitative estimate of drug-likeness (QED) is 0.704. The van der Waals surface area contributed by atoms with Crippen molar-refractivity contribution in [3.63, 3.8) is 0 Å². The molecule has 1 aliphatic rings. The van der Waals surface area contributed by atoms with Crippen LogP contribution in [0.15, 0.2) is 5.38 Å². The Kier molecular flexibility index (Phi) is 7.08. The summed E-state index contributed by atoms with van der Waals surface area (Å²) in [6.07, 6.45) is 2.98. The van der Waals surface area contributed by atoms with Gasteiger partial charge in [-0.1, -0.05) is 0 Å². The Bertz CT molecular complexity index is 433. The van der Waals surface area contributed by atoms with Gasteiger partial charge in [0, 0.05) is 44.9 Å². The van der Waals surface area contributed by atoms with Crippen molar-refractivity contribution in [1.29, 1.82) is 0 Å². The third kappa shape index (κ3) is 5.70. The maximum atomic E-state index is 11.8. The molecule has 1 aromatic rings. The van der Waals surface area contributed by atoms with Crippen LogP contribution in [0.1, 0.15) is 34.8 Å². The van der Waals surface area contributed by atoms with Crippen molar-refractivity contribution < 1.29 is 14.3 Å². The Hall–Kier alpha value is -1.02. The molecule has 118 valence electrons. The number of rotatable bonds is 8. The minimum Gasteiger partial charge on any atom is -0.381 e. The second-order valence-corrected chi connectivity index (χ2v) is 6.01. The fourth-order valence-electron chi connectivity index (χ4n) is 2.14. The first-order chi connectivity index (χ1) is 10.3. The van der Waals surface area contributed by atoms with Crippen molar-refractivity contribution in [1.82, 2.24) is 10.3 Å². The first kappa shape index (κ1) is 16.4. The van der Waals surface area contributed by atoms with E-state index >= 15 is 0 Å². The highest BCUT2D eigenvalue weighted by atomic mass is 32.1. The van der Waals surface area contributed by atoms with Crippen LogP contribution in [0.5, 0.6) is 0 Å². The first-order valence-electron chi connectivity index (χ1n) is 7.37. The van der Waals surface area contributed by atoms with Crippen LogP contribution in [0, 0.1) is 5.92 Å². The SMILES string of the molecule is NCc1nc(C(=O)NCCCOCC2CCOCC2)cs1. The van der Waals surface area contributed by atoms with Gasteiger partial charge in [-0.3, -0.25) is 4.79 Å². The van der Waals surface area contributed by atoms with E-state index in [4.69, 9.17) is 15.2 Å². The van der Waals surface area contributed by atoms with Crippen molar-refractivity contribution in [3.05, 3.63) is 16.1 Å². The van der Waals surface area contributed by atoms with Crippen LogP contribution < -0.4 is 11.1 Å². The largest absolute Gasteiger partial charge is 0.381 e. The second-order valence-electron chi connectivity index (χ2n) is 5.07. The standard InChI is InChI=1S/C14H23N3O3S/c15-8-13-17-12(10-21-13)14(18)16-4-1-5-20-9-11-2-6-19-7-3-11/h10-11H,1-9,15H2,(H,16,18). The zero-order valence-corrected chi connectivity index (χ0v) is 13.0. The van der Waals surface area contributed by atoms with Gasteiger partial charge in [-0.15, -0.1) is 11.3 Å². The number of nitrogens with one attached hydrogen (secondary N) is 1. The molecule has 1 aromatic heterocycles. The third-order valence-electron chi connectivity index (χ3n) is 3.40. The molecule has 0 radical (unpaired) electrons. The first-order valence-corrected chi connectivity index (χ1v) is 8.25. The zero-order chi connectivity index (χ0) is 14.9. The van der Waals surface area contributed by atoms with Crippen LogP contribution in [-0.4, -0.2) is 43.9 Å². The molecule has 1 saturated heterocycles. The van der Waals surface area contributed by atoms with Gasteiger partial charge in [-0.25, -0.2) is 4.98 Å². The lowest BCUT2D eigenvalue weighted by atomic mass is 10.0. The third-order valence-corrected chi connectivity index (χ3v) is 4.28. The maximum Gasteiger partial charge on any atom is 0.270 e. The molecule has 0 aliphatic carbocycles. The Labute approximate surface area is 129 Å². The van der Waals surface area contributed by atoms with Gasteiger partial charge in [0.25, 0.3) is 5.91 Å². The molecule has 2 heterocycles. The molecular weight excluding hydrogens is 290 g/mol. The summed E-state index contributed by atoms with van der Waals surface area (Å²) >= 11 is 1.41. The van der Waals surface area contributed by atoms with Crippen molar-refractivity contribution in [2.75, 3.05) is 33.0 Å². The van der Waals surface area contributed by atoms with Crippen molar-refractivity contribution in [3.8, 4) is 0 Å². The molecule has 7 heteroatoms. The van der Waals surface area contributed by atoms with Gasteiger partial charge in [0.2, 0.25) is 0 Å². The molecule has 0 saturated carbocycles.